The summed E-state index contributed by atoms with van der Waals surface area (Å²) in [5, 5.41) is 3.49. The zero-order valence-electron chi connectivity index (χ0n) is 12.0. The molecule has 2 rings (SSSR count). The van der Waals surface area contributed by atoms with Gasteiger partial charge in [-0.1, -0.05) is 50.8 Å². The second kappa shape index (κ2) is 7.73. The fourth-order valence-electron chi connectivity index (χ4n) is 2.46. The molecule has 0 saturated carbocycles. The molecule has 0 unspecified atom stereocenters. The third kappa shape index (κ3) is 4.41. The van der Waals surface area contributed by atoms with Gasteiger partial charge in [-0.2, -0.15) is 0 Å². The summed E-state index contributed by atoms with van der Waals surface area (Å²) >= 11 is 0. The fourth-order valence-corrected chi connectivity index (χ4v) is 2.46. The quantitative estimate of drug-likeness (QED) is 0.576. The zero-order chi connectivity index (χ0) is 14.2. The van der Waals surface area contributed by atoms with Gasteiger partial charge in [0.15, 0.2) is 0 Å². The fraction of sp³-hybridized carbons (Fsp3) is 0.471. The van der Waals surface area contributed by atoms with E-state index in [1.807, 2.05) is 36.4 Å². The van der Waals surface area contributed by atoms with E-state index < -0.39 is 0 Å². The van der Waals surface area contributed by atoms with Gasteiger partial charge in [0.25, 0.3) is 0 Å². The summed E-state index contributed by atoms with van der Waals surface area (Å²) in [5.74, 6) is -0.233. The smallest absolute Gasteiger partial charge is 0.331 e. The van der Waals surface area contributed by atoms with Crippen LogP contribution in [0.3, 0.4) is 0 Å². The van der Waals surface area contributed by atoms with Crippen molar-refractivity contribution in [2.75, 3.05) is 5.32 Å². The van der Waals surface area contributed by atoms with Crippen LogP contribution in [-0.4, -0.2) is 18.1 Å². The monoisotopic (exact) mass is 273 g/mol. The van der Waals surface area contributed by atoms with E-state index in [-0.39, 0.29) is 18.1 Å². The third-order valence-electron chi connectivity index (χ3n) is 3.57. The van der Waals surface area contributed by atoms with Crippen molar-refractivity contribution < 1.29 is 9.53 Å². The lowest BCUT2D eigenvalue weighted by atomic mass is 10.0. The molecule has 0 aliphatic carbocycles. The molecule has 0 spiro atoms. The van der Waals surface area contributed by atoms with Crippen LogP contribution in [0.15, 0.2) is 42.5 Å². The molecule has 1 N–H and O–H groups in total. The third-order valence-corrected chi connectivity index (χ3v) is 3.57. The number of nitrogens with one attached hydrogen (secondary N) is 1. The Hall–Kier alpha value is -1.77. The number of anilines is 1. The first-order valence-corrected chi connectivity index (χ1v) is 7.50. The molecule has 1 heterocycles. The lowest BCUT2D eigenvalue weighted by molar-refractivity contribution is -0.139. The van der Waals surface area contributed by atoms with Gasteiger partial charge in [0, 0.05) is 11.8 Å². The minimum atomic E-state index is -0.233. The predicted octanol–water partition coefficient (Wildman–Crippen LogP) is 3.92. The van der Waals surface area contributed by atoms with Crippen LogP contribution in [0, 0.1) is 0 Å². The maximum absolute atomic E-state index is 11.2. The maximum Gasteiger partial charge on any atom is 0.331 e. The minimum Gasteiger partial charge on any atom is -0.453 e. The topological polar surface area (TPSA) is 38.3 Å². The first kappa shape index (κ1) is 14.6. The van der Waals surface area contributed by atoms with Gasteiger partial charge in [-0.15, -0.1) is 0 Å². The zero-order valence-corrected chi connectivity index (χ0v) is 12.0. The normalized spacial score (nSPS) is 18.9. The number of carbonyl (C=O) groups is 1. The average molecular weight is 273 g/mol. The molecular formula is C17H23NO2. The molecule has 0 bridgehead atoms. The van der Waals surface area contributed by atoms with Crippen molar-refractivity contribution in [3.63, 3.8) is 0 Å². The van der Waals surface area contributed by atoms with Gasteiger partial charge in [-0.05, 0) is 24.6 Å². The van der Waals surface area contributed by atoms with Crippen molar-refractivity contribution in [3.05, 3.63) is 42.5 Å². The van der Waals surface area contributed by atoms with E-state index >= 15 is 0 Å². The van der Waals surface area contributed by atoms with E-state index in [0.29, 0.717) is 0 Å². The second-order valence-electron chi connectivity index (χ2n) is 5.23. The molecule has 3 heteroatoms. The van der Waals surface area contributed by atoms with E-state index in [1.165, 1.54) is 25.3 Å². The Morgan fingerprint density at radius 3 is 2.65 bits per heavy atom. The van der Waals surface area contributed by atoms with Crippen molar-refractivity contribution in [3.8, 4) is 0 Å². The summed E-state index contributed by atoms with van der Waals surface area (Å²) in [7, 11) is 0. The summed E-state index contributed by atoms with van der Waals surface area (Å²) in [6.45, 7) is 2.21. The van der Waals surface area contributed by atoms with Crippen molar-refractivity contribution >= 4 is 11.7 Å². The van der Waals surface area contributed by atoms with Crippen LogP contribution in [-0.2, 0) is 9.53 Å². The van der Waals surface area contributed by atoms with Crippen molar-refractivity contribution in [2.45, 2.75) is 51.2 Å². The number of benzene rings is 1. The van der Waals surface area contributed by atoms with Gasteiger partial charge in [-0.25, -0.2) is 4.79 Å². The number of rotatable bonds is 8. The Balaban J connectivity index is 1.93. The first-order chi connectivity index (χ1) is 9.79. The van der Waals surface area contributed by atoms with Crippen LogP contribution in [0.25, 0.3) is 0 Å². The van der Waals surface area contributed by atoms with Gasteiger partial charge < -0.3 is 10.1 Å². The standard InChI is InChI=1S/C17H23NO2/c1-2-3-4-8-11-15(16-12-13-17(19)20-16)18-14-9-6-5-7-10-14/h5-7,9-10,12-13,15-16,18H,2-4,8,11H2,1H3/t15-,16+/m1/s1. The van der Waals surface area contributed by atoms with Crippen molar-refractivity contribution in [2.24, 2.45) is 0 Å². The molecule has 0 amide bonds. The number of esters is 1. The highest BCUT2D eigenvalue weighted by Gasteiger charge is 2.26. The summed E-state index contributed by atoms with van der Waals surface area (Å²) in [6.07, 6.45) is 9.13. The van der Waals surface area contributed by atoms with E-state index in [2.05, 4.69) is 12.2 Å². The van der Waals surface area contributed by atoms with Gasteiger partial charge in [0.1, 0.15) is 6.10 Å². The molecule has 1 aromatic carbocycles. The second-order valence-corrected chi connectivity index (χ2v) is 5.23. The molecule has 0 saturated heterocycles. The van der Waals surface area contributed by atoms with Crippen molar-refractivity contribution in [1.29, 1.82) is 0 Å². The Labute approximate surface area is 121 Å². The Bertz CT molecular complexity index is 442. The number of unbranched alkanes of at least 4 members (excludes halogenated alkanes) is 3. The Morgan fingerprint density at radius 1 is 1.20 bits per heavy atom. The summed E-state index contributed by atoms with van der Waals surface area (Å²) in [4.78, 5) is 11.2. The predicted molar refractivity (Wildman–Crippen MR) is 81.6 cm³/mol. The van der Waals surface area contributed by atoms with Gasteiger partial charge in [0.05, 0.1) is 6.04 Å². The van der Waals surface area contributed by atoms with Crippen LogP contribution in [0.5, 0.6) is 0 Å². The SMILES string of the molecule is CCCCCC[C@@H](Nc1ccccc1)[C@@H]1C=CC(=O)O1. The molecule has 0 fully saturated rings. The molecule has 1 aliphatic heterocycles. The first-order valence-electron chi connectivity index (χ1n) is 7.50. The number of hydrogen-bond donors (Lipinski definition) is 1. The summed E-state index contributed by atoms with van der Waals surface area (Å²) in [6, 6.07) is 10.2. The number of cyclic esters (lactones) is 1. The molecule has 3 nitrogen and oxygen atoms in total. The van der Waals surface area contributed by atoms with Crippen LogP contribution < -0.4 is 5.32 Å². The lowest BCUT2D eigenvalue weighted by Crippen LogP contribution is -2.33. The molecule has 1 aromatic rings. The Kier molecular flexibility index (Phi) is 5.66. The van der Waals surface area contributed by atoms with Crippen LogP contribution in [0.4, 0.5) is 5.69 Å². The molecule has 0 radical (unpaired) electrons. The highest BCUT2D eigenvalue weighted by Crippen LogP contribution is 2.20. The van der Waals surface area contributed by atoms with Crippen LogP contribution in [0.2, 0.25) is 0 Å². The minimum absolute atomic E-state index is 0.149. The largest absolute Gasteiger partial charge is 0.453 e. The van der Waals surface area contributed by atoms with Gasteiger partial charge in [0.2, 0.25) is 0 Å². The van der Waals surface area contributed by atoms with E-state index in [4.69, 9.17) is 4.74 Å². The number of ether oxygens (including phenoxy) is 1. The van der Waals surface area contributed by atoms with Crippen molar-refractivity contribution in [1.82, 2.24) is 0 Å². The van der Waals surface area contributed by atoms with E-state index in [0.717, 1.165) is 18.5 Å². The molecule has 1 aliphatic rings. The number of para-hydroxylation sites is 1. The maximum atomic E-state index is 11.2. The average Bonchev–Trinajstić information content (AvgIpc) is 2.90. The lowest BCUT2D eigenvalue weighted by Gasteiger charge is -2.24. The summed E-state index contributed by atoms with van der Waals surface area (Å²) in [5.41, 5.74) is 1.07. The van der Waals surface area contributed by atoms with Crippen LogP contribution in [0.1, 0.15) is 39.0 Å². The van der Waals surface area contributed by atoms with E-state index in [9.17, 15) is 4.79 Å². The molecule has 108 valence electrons. The number of carbonyl (C=O) groups excluding carboxylic acids is 1. The highest BCUT2D eigenvalue weighted by molar-refractivity contribution is 5.84. The van der Waals surface area contributed by atoms with Gasteiger partial charge in [-0.3, -0.25) is 0 Å². The van der Waals surface area contributed by atoms with E-state index in [1.54, 1.807) is 0 Å². The summed E-state index contributed by atoms with van der Waals surface area (Å²) < 4.78 is 5.34. The Morgan fingerprint density at radius 2 is 2.00 bits per heavy atom. The molecular weight excluding hydrogens is 250 g/mol. The van der Waals surface area contributed by atoms with Gasteiger partial charge >= 0.3 is 5.97 Å². The molecule has 2 atom stereocenters. The van der Waals surface area contributed by atoms with Crippen LogP contribution >= 0.6 is 0 Å². The molecule has 20 heavy (non-hydrogen) atoms. The molecule has 0 aromatic heterocycles. The highest BCUT2D eigenvalue weighted by atomic mass is 16.5. The number of hydrogen-bond acceptors (Lipinski definition) is 3.